The molecule has 0 aromatic heterocycles. The second-order valence-electron chi connectivity index (χ2n) is 6.63. The van der Waals surface area contributed by atoms with E-state index in [-0.39, 0.29) is 0 Å². The summed E-state index contributed by atoms with van der Waals surface area (Å²) < 4.78 is 0. The molecule has 1 N–H and O–H groups in total. The van der Waals surface area contributed by atoms with Gasteiger partial charge in [0.15, 0.2) is 0 Å². The van der Waals surface area contributed by atoms with Crippen LogP contribution in [0.3, 0.4) is 0 Å². The zero-order valence-corrected chi connectivity index (χ0v) is 13.1. The van der Waals surface area contributed by atoms with E-state index in [1.165, 1.54) is 13.8 Å². The van der Waals surface area contributed by atoms with Crippen LogP contribution in [0.15, 0.2) is 0 Å². The molecule has 19 heavy (non-hydrogen) atoms. The first-order chi connectivity index (χ1) is 8.27. The minimum absolute atomic E-state index is 0.593. The minimum atomic E-state index is -1.55. The maximum atomic E-state index is 11.1. The highest BCUT2D eigenvalue weighted by Crippen LogP contribution is 2.28. The molecule has 6 nitrogen and oxygen atoms in total. The van der Waals surface area contributed by atoms with Crippen LogP contribution in [0, 0.1) is 5.92 Å². The molecule has 0 aliphatic carbocycles. The van der Waals surface area contributed by atoms with E-state index in [1.807, 2.05) is 0 Å². The van der Waals surface area contributed by atoms with Gasteiger partial charge in [0.25, 0.3) is 0 Å². The highest BCUT2D eigenvalue weighted by molar-refractivity contribution is 5.70. The molecule has 0 saturated heterocycles. The molecule has 0 aliphatic heterocycles. The van der Waals surface area contributed by atoms with Crippen molar-refractivity contribution >= 4 is 5.97 Å². The highest BCUT2D eigenvalue weighted by atomic mass is 17.3. The van der Waals surface area contributed by atoms with E-state index in [2.05, 4.69) is 0 Å². The van der Waals surface area contributed by atoms with Crippen molar-refractivity contribution in [2.24, 2.45) is 5.92 Å². The zero-order valence-electron chi connectivity index (χ0n) is 13.1. The Labute approximate surface area is 114 Å². The van der Waals surface area contributed by atoms with Crippen LogP contribution in [-0.4, -0.2) is 28.1 Å². The molecule has 114 valence electrons. The second-order valence-corrected chi connectivity index (χ2v) is 6.63. The summed E-state index contributed by atoms with van der Waals surface area (Å²) in [4.78, 5) is 31.8. The molecule has 0 spiro atoms. The Bertz CT molecular complexity index is 281. The summed E-state index contributed by atoms with van der Waals surface area (Å²) in [6.07, 6.45) is 0. The molecule has 0 fully saturated rings. The molecule has 0 saturated carbocycles. The summed E-state index contributed by atoms with van der Waals surface area (Å²) in [7, 11) is 0. The van der Waals surface area contributed by atoms with Crippen LogP contribution in [0.25, 0.3) is 0 Å². The summed E-state index contributed by atoms with van der Waals surface area (Å²) in [5.74, 6) is -3.60. The first kappa shape index (κ1) is 18.3. The average Bonchev–Trinajstić information content (AvgIpc) is 2.20. The van der Waals surface area contributed by atoms with Crippen molar-refractivity contribution in [2.45, 2.75) is 72.4 Å². The Balaban J connectivity index is 4.87. The molecule has 0 rings (SSSR count). The van der Waals surface area contributed by atoms with Crippen LogP contribution in [0.1, 0.15) is 55.4 Å². The minimum Gasteiger partial charge on any atom is -0.481 e. The van der Waals surface area contributed by atoms with Gasteiger partial charge in [-0.1, -0.05) is 0 Å². The number of carboxylic acids is 1. The summed E-state index contributed by atoms with van der Waals surface area (Å²) in [6.45, 7) is 13.6. The molecule has 0 aliphatic rings. The van der Waals surface area contributed by atoms with Crippen molar-refractivity contribution in [2.75, 3.05) is 0 Å². The highest BCUT2D eigenvalue weighted by Gasteiger charge is 2.43. The van der Waals surface area contributed by atoms with Crippen molar-refractivity contribution < 1.29 is 29.5 Å². The number of aliphatic carboxylic acids is 1. The Kier molecular flexibility index (Phi) is 5.95. The molecule has 0 aromatic rings. The third-order valence-electron chi connectivity index (χ3n) is 2.07. The molecule has 0 amide bonds. The van der Waals surface area contributed by atoms with Crippen LogP contribution in [0.4, 0.5) is 0 Å². The lowest BCUT2D eigenvalue weighted by Gasteiger charge is -2.34. The van der Waals surface area contributed by atoms with Gasteiger partial charge in [0.05, 0.1) is 11.2 Å². The van der Waals surface area contributed by atoms with Gasteiger partial charge in [-0.25, -0.2) is 9.78 Å². The average molecular weight is 278 g/mol. The molecule has 0 aromatic carbocycles. The van der Waals surface area contributed by atoms with Crippen molar-refractivity contribution in [1.29, 1.82) is 0 Å². The maximum absolute atomic E-state index is 11.1. The molecular weight excluding hydrogens is 252 g/mol. The monoisotopic (exact) mass is 278 g/mol. The SMILES string of the molecule is CC(C(=O)O)C(C)(OOC(C)(C)C)OOC(C)(C)C. The molecule has 1 unspecified atom stereocenters. The van der Waals surface area contributed by atoms with Gasteiger partial charge < -0.3 is 5.11 Å². The largest absolute Gasteiger partial charge is 0.481 e. The topological polar surface area (TPSA) is 74.2 Å². The molecule has 1 atom stereocenters. The molecule has 0 radical (unpaired) electrons. The summed E-state index contributed by atoms with van der Waals surface area (Å²) in [5.41, 5.74) is -1.19. The van der Waals surface area contributed by atoms with Gasteiger partial charge in [-0.2, -0.15) is 9.78 Å². The Morgan fingerprint density at radius 3 is 1.37 bits per heavy atom. The molecule has 6 heteroatoms. The number of hydrogen-bond acceptors (Lipinski definition) is 5. The number of carbonyl (C=O) groups is 1. The predicted molar refractivity (Wildman–Crippen MR) is 69.1 cm³/mol. The Hall–Kier alpha value is -0.690. The van der Waals surface area contributed by atoms with Gasteiger partial charge in [0.1, 0.15) is 5.92 Å². The van der Waals surface area contributed by atoms with E-state index in [1.54, 1.807) is 41.5 Å². The van der Waals surface area contributed by atoms with Crippen molar-refractivity contribution in [3.05, 3.63) is 0 Å². The van der Waals surface area contributed by atoms with Crippen LogP contribution < -0.4 is 0 Å². The number of hydrogen-bond donors (Lipinski definition) is 1. The van der Waals surface area contributed by atoms with Crippen molar-refractivity contribution in [1.82, 2.24) is 0 Å². The van der Waals surface area contributed by atoms with E-state index < -0.39 is 28.9 Å². The van der Waals surface area contributed by atoms with E-state index in [9.17, 15) is 4.79 Å². The standard InChI is InChI=1S/C13H26O6/c1-9(10(14)15)13(8,18-16-11(2,3)4)19-17-12(5,6)7/h9H,1-8H3,(H,14,15). The van der Waals surface area contributed by atoms with Gasteiger partial charge >= 0.3 is 5.97 Å². The maximum Gasteiger partial charge on any atom is 0.311 e. The number of rotatable bonds is 6. The van der Waals surface area contributed by atoms with Crippen LogP contribution >= 0.6 is 0 Å². The quantitative estimate of drug-likeness (QED) is 0.457. The first-order valence-electron chi connectivity index (χ1n) is 6.23. The normalized spacial score (nSPS) is 15.4. The van der Waals surface area contributed by atoms with E-state index in [0.29, 0.717) is 0 Å². The number of carboxylic acid groups (broad SMARTS) is 1. The third kappa shape index (κ3) is 7.47. The van der Waals surface area contributed by atoms with E-state index in [4.69, 9.17) is 24.7 Å². The smallest absolute Gasteiger partial charge is 0.311 e. The lowest BCUT2D eigenvalue weighted by Crippen LogP contribution is -2.46. The van der Waals surface area contributed by atoms with Crippen LogP contribution in [0.2, 0.25) is 0 Å². The lowest BCUT2D eigenvalue weighted by atomic mass is 10.0. The van der Waals surface area contributed by atoms with Gasteiger partial charge in [-0.15, -0.1) is 0 Å². The van der Waals surface area contributed by atoms with Crippen molar-refractivity contribution in [3.8, 4) is 0 Å². The molecule has 0 bridgehead atoms. The molecule has 0 heterocycles. The van der Waals surface area contributed by atoms with E-state index >= 15 is 0 Å². The summed E-state index contributed by atoms with van der Waals surface area (Å²) in [6, 6.07) is 0. The predicted octanol–water partition coefficient (Wildman–Crippen LogP) is 2.92. The first-order valence-corrected chi connectivity index (χ1v) is 6.23. The second kappa shape index (κ2) is 6.17. The molecular formula is C13H26O6. The van der Waals surface area contributed by atoms with E-state index in [0.717, 1.165) is 0 Å². The Morgan fingerprint density at radius 1 is 0.842 bits per heavy atom. The fraction of sp³-hybridized carbons (Fsp3) is 0.923. The zero-order chi connectivity index (χ0) is 15.5. The van der Waals surface area contributed by atoms with Gasteiger partial charge in [0, 0.05) is 0 Å². The van der Waals surface area contributed by atoms with Crippen LogP contribution in [-0.2, 0) is 24.3 Å². The van der Waals surface area contributed by atoms with Gasteiger partial charge in [0.2, 0.25) is 5.79 Å². The van der Waals surface area contributed by atoms with Crippen molar-refractivity contribution in [3.63, 3.8) is 0 Å². The fourth-order valence-electron chi connectivity index (χ4n) is 0.798. The summed E-state index contributed by atoms with van der Waals surface area (Å²) in [5, 5.41) is 9.11. The lowest BCUT2D eigenvalue weighted by molar-refractivity contribution is -0.543. The van der Waals surface area contributed by atoms with Crippen LogP contribution in [0.5, 0.6) is 0 Å². The third-order valence-corrected chi connectivity index (χ3v) is 2.07. The Morgan fingerprint density at radius 2 is 1.16 bits per heavy atom. The van der Waals surface area contributed by atoms with Gasteiger partial charge in [-0.3, -0.25) is 4.79 Å². The van der Waals surface area contributed by atoms with Gasteiger partial charge in [-0.05, 0) is 55.4 Å². The fourth-order valence-corrected chi connectivity index (χ4v) is 0.798. The summed E-state index contributed by atoms with van der Waals surface area (Å²) >= 11 is 0.